The Morgan fingerprint density at radius 2 is 2.00 bits per heavy atom. The van der Waals surface area contributed by atoms with E-state index in [-0.39, 0.29) is 18.2 Å². The maximum atomic E-state index is 11.1. The zero-order valence-corrected chi connectivity index (χ0v) is 9.16. The molecule has 1 amide bonds. The van der Waals surface area contributed by atoms with Crippen LogP contribution in [-0.4, -0.2) is 17.0 Å². The Hall–Kier alpha value is -0.330. The van der Waals surface area contributed by atoms with Crippen molar-refractivity contribution in [2.45, 2.75) is 20.3 Å². The average Bonchev–Trinajstić information content (AvgIpc) is 1.98. The molecule has 0 saturated heterocycles. The summed E-state index contributed by atoms with van der Waals surface area (Å²) in [6.07, 6.45) is -0.105. The molecule has 0 spiro atoms. The Kier molecular flexibility index (Phi) is 5.19. The second-order valence-corrected chi connectivity index (χ2v) is 3.45. The van der Waals surface area contributed by atoms with Crippen LogP contribution in [0.3, 0.4) is 0 Å². The quantitative estimate of drug-likeness (QED) is 0.602. The third kappa shape index (κ3) is 3.89. The molecule has 0 heterocycles. The molecule has 0 bridgehead atoms. The lowest BCUT2D eigenvalue weighted by Gasteiger charge is -2.15. The number of halogens is 1. The molecule has 1 unspecified atom stereocenters. The molecule has 0 aliphatic rings. The number of carbonyl (C=O) groups excluding carboxylic acids is 1. The number of aliphatic carboxylic acids is 1. The van der Waals surface area contributed by atoms with Crippen LogP contribution >= 0.6 is 22.9 Å². The van der Waals surface area contributed by atoms with E-state index in [1.807, 2.05) is 13.8 Å². The van der Waals surface area contributed by atoms with Gasteiger partial charge in [0.15, 0.2) is 0 Å². The zero-order chi connectivity index (χ0) is 9.72. The van der Waals surface area contributed by atoms with Crippen LogP contribution in [0.2, 0.25) is 0 Å². The first kappa shape index (κ1) is 11.7. The van der Waals surface area contributed by atoms with E-state index in [4.69, 9.17) is 5.11 Å². The summed E-state index contributed by atoms with van der Waals surface area (Å²) < 4.78 is 2.42. The number of rotatable bonds is 4. The number of nitrogens with one attached hydrogen (secondary N) is 1. The number of carbonyl (C=O) groups is 2. The van der Waals surface area contributed by atoms with E-state index in [0.29, 0.717) is 0 Å². The molecule has 0 aromatic rings. The minimum Gasteiger partial charge on any atom is -0.481 e. The number of hydrogen-bond donors (Lipinski definition) is 2. The third-order valence-corrected chi connectivity index (χ3v) is 2.16. The summed E-state index contributed by atoms with van der Waals surface area (Å²) in [5.74, 6) is -1.53. The molecule has 0 fully saturated rings. The minimum absolute atomic E-state index is 0.0517. The second kappa shape index (κ2) is 5.34. The van der Waals surface area contributed by atoms with E-state index in [1.165, 1.54) is 0 Å². The lowest BCUT2D eigenvalue weighted by molar-refractivity contribution is -0.141. The fraction of sp³-hybridized carbons (Fsp3) is 0.714. The molecule has 1 atom stereocenters. The van der Waals surface area contributed by atoms with Crippen LogP contribution in [0, 0.1) is 11.8 Å². The Morgan fingerprint density at radius 1 is 1.50 bits per heavy atom. The van der Waals surface area contributed by atoms with Gasteiger partial charge in [0.2, 0.25) is 5.91 Å². The van der Waals surface area contributed by atoms with Crippen molar-refractivity contribution in [1.82, 2.24) is 3.53 Å². The van der Waals surface area contributed by atoms with Crippen LogP contribution in [0.25, 0.3) is 0 Å². The van der Waals surface area contributed by atoms with Crippen LogP contribution in [0.4, 0.5) is 0 Å². The molecule has 0 rings (SSSR count). The van der Waals surface area contributed by atoms with Gasteiger partial charge in [-0.1, -0.05) is 13.8 Å². The van der Waals surface area contributed by atoms with Crippen molar-refractivity contribution in [3.8, 4) is 0 Å². The highest BCUT2D eigenvalue weighted by atomic mass is 127. The number of hydrogen-bond acceptors (Lipinski definition) is 2. The van der Waals surface area contributed by atoms with Crippen LogP contribution < -0.4 is 3.53 Å². The SMILES string of the molecule is CC(C)C(CC(=O)O)C(=O)NI. The lowest BCUT2D eigenvalue weighted by Crippen LogP contribution is -2.29. The van der Waals surface area contributed by atoms with Crippen LogP contribution in [-0.2, 0) is 9.59 Å². The largest absolute Gasteiger partial charge is 0.481 e. The predicted molar refractivity (Wildman–Crippen MR) is 52.7 cm³/mol. The van der Waals surface area contributed by atoms with Crippen molar-refractivity contribution in [3.05, 3.63) is 0 Å². The number of carboxylic acids is 1. The molecule has 0 aliphatic carbocycles. The van der Waals surface area contributed by atoms with Gasteiger partial charge >= 0.3 is 5.97 Å². The summed E-state index contributed by atoms with van der Waals surface area (Å²) in [7, 11) is 0. The van der Waals surface area contributed by atoms with E-state index in [9.17, 15) is 9.59 Å². The molecule has 0 aromatic heterocycles. The topological polar surface area (TPSA) is 66.4 Å². The Labute approximate surface area is 85.2 Å². The van der Waals surface area contributed by atoms with Gasteiger partial charge in [0, 0.05) is 0 Å². The minimum atomic E-state index is -0.936. The first-order chi connectivity index (χ1) is 5.49. The molecule has 4 nitrogen and oxygen atoms in total. The van der Waals surface area contributed by atoms with Crippen LogP contribution in [0.1, 0.15) is 20.3 Å². The molecule has 0 saturated carbocycles. The van der Waals surface area contributed by atoms with Crippen molar-refractivity contribution in [3.63, 3.8) is 0 Å². The monoisotopic (exact) mass is 285 g/mol. The smallest absolute Gasteiger partial charge is 0.304 e. The summed E-state index contributed by atoms with van der Waals surface area (Å²) in [5.41, 5.74) is 0. The van der Waals surface area contributed by atoms with Gasteiger partial charge in [0.05, 0.1) is 35.2 Å². The van der Waals surface area contributed by atoms with Gasteiger partial charge in [-0.15, -0.1) is 0 Å². The maximum Gasteiger partial charge on any atom is 0.304 e. The van der Waals surface area contributed by atoms with E-state index in [2.05, 4.69) is 3.53 Å². The van der Waals surface area contributed by atoms with Gasteiger partial charge in [0.1, 0.15) is 0 Å². The normalized spacial score (nSPS) is 12.7. The molecular formula is C7H12INO3. The van der Waals surface area contributed by atoms with Crippen molar-refractivity contribution in [2.24, 2.45) is 11.8 Å². The first-order valence-electron chi connectivity index (χ1n) is 3.61. The van der Waals surface area contributed by atoms with Crippen LogP contribution in [0.15, 0.2) is 0 Å². The Morgan fingerprint density at radius 3 is 2.25 bits per heavy atom. The molecule has 0 radical (unpaired) electrons. The molecular weight excluding hydrogens is 273 g/mol. The summed E-state index contributed by atoms with van der Waals surface area (Å²) >= 11 is 1.72. The molecule has 12 heavy (non-hydrogen) atoms. The fourth-order valence-corrected chi connectivity index (χ4v) is 1.29. The highest BCUT2D eigenvalue weighted by molar-refractivity contribution is 14.1. The standard InChI is InChI=1S/C7H12INO3/c1-4(2)5(3-6(10)11)7(12)9-8/h4-5H,3H2,1-2H3,(H,9,12)(H,10,11). The molecule has 2 N–H and O–H groups in total. The average molecular weight is 285 g/mol. The lowest BCUT2D eigenvalue weighted by atomic mass is 9.92. The summed E-state index contributed by atoms with van der Waals surface area (Å²) in [6, 6.07) is 0. The van der Waals surface area contributed by atoms with Gasteiger partial charge < -0.3 is 5.11 Å². The molecule has 70 valence electrons. The predicted octanol–water partition coefficient (Wildman–Crippen LogP) is 1.20. The van der Waals surface area contributed by atoms with Gasteiger partial charge in [-0.2, -0.15) is 0 Å². The summed E-state index contributed by atoms with van der Waals surface area (Å²) in [4.78, 5) is 21.5. The summed E-state index contributed by atoms with van der Waals surface area (Å²) in [6.45, 7) is 3.67. The zero-order valence-electron chi connectivity index (χ0n) is 7.00. The van der Waals surface area contributed by atoms with E-state index >= 15 is 0 Å². The number of amides is 1. The summed E-state index contributed by atoms with van der Waals surface area (Å²) in [5, 5.41) is 8.49. The fourth-order valence-electron chi connectivity index (χ4n) is 0.889. The van der Waals surface area contributed by atoms with Crippen LogP contribution in [0.5, 0.6) is 0 Å². The molecule has 0 aromatic carbocycles. The maximum absolute atomic E-state index is 11.1. The first-order valence-corrected chi connectivity index (χ1v) is 4.69. The molecule has 0 aliphatic heterocycles. The Balaban J connectivity index is 4.23. The van der Waals surface area contributed by atoms with E-state index in [1.54, 1.807) is 22.9 Å². The molecule has 5 heteroatoms. The highest BCUT2D eigenvalue weighted by Gasteiger charge is 2.23. The van der Waals surface area contributed by atoms with Crippen molar-refractivity contribution < 1.29 is 14.7 Å². The number of carboxylic acid groups (broad SMARTS) is 1. The van der Waals surface area contributed by atoms with Gasteiger partial charge in [-0.05, 0) is 5.92 Å². The van der Waals surface area contributed by atoms with Gasteiger partial charge in [-0.25, -0.2) is 0 Å². The van der Waals surface area contributed by atoms with E-state index < -0.39 is 11.9 Å². The van der Waals surface area contributed by atoms with Gasteiger partial charge in [0.25, 0.3) is 0 Å². The third-order valence-electron chi connectivity index (χ3n) is 1.63. The van der Waals surface area contributed by atoms with E-state index in [0.717, 1.165) is 0 Å². The highest BCUT2D eigenvalue weighted by Crippen LogP contribution is 2.15. The second-order valence-electron chi connectivity index (χ2n) is 2.91. The Bertz CT molecular complexity index is 181. The van der Waals surface area contributed by atoms with Gasteiger partial charge in [-0.3, -0.25) is 13.1 Å². The van der Waals surface area contributed by atoms with Crippen molar-refractivity contribution in [1.29, 1.82) is 0 Å². The van der Waals surface area contributed by atoms with Crippen molar-refractivity contribution in [2.75, 3.05) is 0 Å². The van der Waals surface area contributed by atoms with Crippen molar-refractivity contribution >= 4 is 34.7 Å².